The Kier molecular flexibility index (Phi) is 8.95. The lowest BCUT2D eigenvalue weighted by molar-refractivity contribution is -0.135. The lowest BCUT2D eigenvalue weighted by atomic mass is 9.94. The van der Waals surface area contributed by atoms with E-state index in [4.69, 9.17) is 14.7 Å². The van der Waals surface area contributed by atoms with Crippen molar-refractivity contribution >= 4 is 22.7 Å². The number of aryl methyl sites for hydroxylation is 1. The number of para-hydroxylation sites is 1. The zero-order chi connectivity index (χ0) is 24.5. The second-order valence-electron chi connectivity index (χ2n) is 8.16. The number of methoxy groups -OCH3 is 1. The molecule has 0 saturated carbocycles. The number of hydrogen-bond acceptors (Lipinski definition) is 6. The van der Waals surface area contributed by atoms with Gasteiger partial charge in [-0.2, -0.15) is 0 Å². The Morgan fingerprint density at radius 2 is 1.85 bits per heavy atom. The minimum atomic E-state index is -0.611. The summed E-state index contributed by atoms with van der Waals surface area (Å²) in [5, 5.41) is 13.0. The molecule has 0 aliphatic heterocycles. The summed E-state index contributed by atoms with van der Waals surface area (Å²) in [6, 6.07) is 16.2. The highest BCUT2D eigenvalue weighted by molar-refractivity contribution is 5.95. The molecule has 1 heterocycles. The Labute approximate surface area is 199 Å². The number of fused-ring (bicyclic) bond motifs is 1. The van der Waals surface area contributed by atoms with Gasteiger partial charge in [-0.05, 0) is 49.7 Å². The second-order valence-corrected chi connectivity index (χ2v) is 8.16. The van der Waals surface area contributed by atoms with Gasteiger partial charge in [0.1, 0.15) is 12.4 Å². The molecule has 0 unspecified atom stereocenters. The van der Waals surface area contributed by atoms with E-state index < -0.39 is 17.9 Å². The number of carbonyl (C=O) groups is 2. The van der Waals surface area contributed by atoms with Gasteiger partial charge in [-0.25, -0.2) is 5.48 Å². The van der Waals surface area contributed by atoms with Crippen LogP contribution in [0.4, 0.5) is 0 Å². The number of benzene rings is 2. The molecule has 8 heteroatoms. The predicted octanol–water partition coefficient (Wildman–Crippen LogP) is 3.79. The maximum atomic E-state index is 12.8. The standard InChI is InChI=1S/C26H31N3O5/c1-4-7-22(26(31)29-32)24(16-33-3)28-25(30)18-10-12-20(13-11-18)34-15-19-14-17(2)27-23-9-6-5-8-21(19)23/h5-6,8-14,22,24,32H,4,7,15-16H2,1-3H3,(H,28,30)(H,29,31)/t22-,24-/m1/s1. The third kappa shape index (κ3) is 6.30. The number of aromatic nitrogens is 1. The van der Waals surface area contributed by atoms with Crippen LogP contribution in [0.3, 0.4) is 0 Å². The molecule has 0 aliphatic carbocycles. The van der Waals surface area contributed by atoms with Gasteiger partial charge in [0.2, 0.25) is 5.91 Å². The van der Waals surface area contributed by atoms with Crippen molar-refractivity contribution < 1.29 is 24.3 Å². The molecule has 3 rings (SSSR count). The first-order valence-electron chi connectivity index (χ1n) is 11.3. The largest absolute Gasteiger partial charge is 0.489 e. The maximum absolute atomic E-state index is 12.8. The maximum Gasteiger partial charge on any atom is 0.251 e. The number of ether oxygens (including phenoxy) is 2. The van der Waals surface area contributed by atoms with E-state index in [1.807, 2.05) is 44.2 Å². The summed E-state index contributed by atoms with van der Waals surface area (Å²) >= 11 is 0. The third-order valence-electron chi connectivity index (χ3n) is 5.64. The number of hydrogen-bond donors (Lipinski definition) is 3. The van der Waals surface area contributed by atoms with Crippen LogP contribution >= 0.6 is 0 Å². The number of nitrogens with zero attached hydrogens (tertiary/aromatic N) is 1. The van der Waals surface area contributed by atoms with E-state index >= 15 is 0 Å². The first kappa shape index (κ1) is 25.1. The summed E-state index contributed by atoms with van der Waals surface area (Å²) < 4.78 is 11.2. The molecule has 3 N–H and O–H groups in total. The Morgan fingerprint density at radius 1 is 1.12 bits per heavy atom. The van der Waals surface area contributed by atoms with Crippen LogP contribution in [0.5, 0.6) is 5.75 Å². The molecular weight excluding hydrogens is 434 g/mol. The Morgan fingerprint density at radius 3 is 2.53 bits per heavy atom. The van der Waals surface area contributed by atoms with Crippen LogP contribution in [-0.4, -0.2) is 41.8 Å². The molecular formula is C26H31N3O5. The van der Waals surface area contributed by atoms with Crippen LogP contribution in [0, 0.1) is 12.8 Å². The van der Waals surface area contributed by atoms with Crippen molar-refractivity contribution in [3.8, 4) is 5.75 Å². The van der Waals surface area contributed by atoms with E-state index in [1.54, 1.807) is 29.7 Å². The topological polar surface area (TPSA) is 110 Å². The number of hydroxylamine groups is 1. The summed E-state index contributed by atoms with van der Waals surface area (Å²) in [4.78, 5) is 29.5. The SMILES string of the molecule is CCC[C@@H](C(=O)NO)[C@@H](COC)NC(=O)c1ccc(OCc2cc(C)nc3ccccc23)cc1. The highest BCUT2D eigenvalue weighted by Crippen LogP contribution is 2.21. The Hall–Kier alpha value is -3.49. The summed E-state index contributed by atoms with van der Waals surface area (Å²) in [5.74, 6) is -0.866. The van der Waals surface area contributed by atoms with Gasteiger partial charge in [0.25, 0.3) is 5.91 Å². The van der Waals surface area contributed by atoms with Crippen molar-refractivity contribution in [3.05, 3.63) is 71.4 Å². The molecule has 2 aromatic carbocycles. The molecule has 34 heavy (non-hydrogen) atoms. The molecule has 0 aliphatic rings. The van der Waals surface area contributed by atoms with Gasteiger partial charge in [0.05, 0.1) is 24.1 Å². The number of rotatable bonds is 11. The van der Waals surface area contributed by atoms with Crippen LogP contribution in [0.2, 0.25) is 0 Å². The first-order valence-corrected chi connectivity index (χ1v) is 11.3. The summed E-state index contributed by atoms with van der Waals surface area (Å²) in [6.45, 7) is 4.40. The summed E-state index contributed by atoms with van der Waals surface area (Å²) in [6.07, 6.45) is 1.21. The van der Waals surface area contributed by atoms with E-state index in [-0.39, 0.29) is 12.5 Å². The predicted molar refractivity (Wildman–Crippen MR) is 129 cm³/mol. The smallest absolute Gasteiger partial charge is 0.251 e. The number of amides is 2. The molecule has 0 saturated heterocycles. The van der Waals surface area contributed by atoms with Gasteiger partial charge < -0.3 is 14.8 Å². The van der Waals surface area contributed by atoms with Crippen molar-refractivity contribution in [1.82, 2.24) is 15.8 Å². The van der Waals surface area contributed by atoms with E-state index in [9.17, 15) is 9.59 Å². The van der Waals surface area contributed by atoms with Crippen molar-refractivity contribution in [2.75, 3.05) is 13.7 Å². The van der Waals surface area contributed by atoms with E-state index in [2.05, 4.69) is 10.3 Å². The minimum Gasteiger partial charge on any atom is -0.489 e. The first-order chi connectivity index (χ1) is 16.5. The van der Waals surface area contributed by atoms with Crippen LogP contribution < -0.4 is 15.5 Å². The fourth-order valence-electron chi connectivity index (χ4n) is 3.98. The van der Waals surface area contributed by atoms with Gasteiger partial charge in [-0.15, -0.1) is 0 Å². The molecule has 0 fully saturated rings. The average Bonchev–Trinajstić information content (AvgIpc) is 2.85. The van der Waals surface area contributed by atoms with Gasteiger partial charge in [-0.3, -0.25) is 19.8 Å². The average molecular weight is 466 g/mol. The fourth-order valence-corrected chi connectivity index (χ4v) is 3.98. The molecule has 2 amide bonds. The minimum absolute atomic E-state index is 0.143. The van der Waals surface area contributed by atoms with Crippen molar-refractivity contribution in [2.45, 2.75) is 39.3 Å². The molecule has 3 aromatic rings. The molecule has 0 radical (unpaired) electrons. The van der Waals surface area contributed by atoms with Gasteiger partial charge in [-0.1, -0.05) is 31.5 Å². The molecule has 0 spiro atoms. The van der Waals surface area contributed by atoms with Crippen LogP contribution in [0.25, 0.3) is 10.9 Å². The molecule has 0 bridgehead atoms. The monoisotopic (exact) mass is 465 g/mol. The zero-order valence-electron chi connectivity index (χ0n) is 19.7. The summed E-state index contributed by atoms with van der Waals surface area (Å²) in [5.41, 5.74) is 5.00. The number of nitrogens with one attached hydrogen (secondary N) is 2. The van der Waals surface area contributed by atoms with E-state index in [1.165, 1.54) is 7.11 Å². The highest BCUT2D eigenvalue weighted by atomic mass is 16.5. The van der Waals surface area contributed by atoms with E-state index in [0.29, 0.717) is 30.8 Å². The Balaban J connectivity index is 1.67. The normalized spacial score (nSPS) is 12.7. The van der Waals surface area contributed by atoms with Crippen molar-refractivity contribution in [2.24, 2.45) is 5.92 Å². The molecule has 2 atom stereocenters. The quantitative estimate of drug-likeness (QED) is 0.294. The van der Waals surface area contributed by atoms with Gasteiger partial charge >= 0.3 is 0 Å². The highest BCUT2D eigenvalue weighted by Gasteiger charge is 2.29. The summed E-state index contributed by atoms with van der Waals surface area (Å²) in [7, 11) is 1.50. The van der Waals surface area contributed by atoms with Crippen LogP contribution in [0.1, 0.15) is 41.4 Å². The molecule has 8 nitrogen and oxygen atoms in total. The van der Waals surface area contributed by atoms with Gasteiger partial charge in [0.15, 0.2) is 0 Å². The Bertz CT molecular complexity index is 1120. The molecule has 1 aromatic heterocycles. The zero-order valence-corrected chi connectivity index (χ0v) is 19.7. The number of carbonyl (C=O) groups excluding carboxylic acids is 2. The number of pyridine rings is 1. The van der Waals surface area contributed by atoms with E-state index in [0.717, 1.165) is 22.2 Å². The second kappa shape index (κ2) is 12.1. The van der Waals surface area contributed by atoms with Gasteiger partial charge in [0, 0.05) is 29.3 Å². The van der Waals surface area contributed by atoms with Crippen molar-refractivity contribution in [3.63, 3.8) is 0 Å². The van der Waals surface area contributed by atoms with Crippen LogP contribution in [0.15, 0.2) is 54.6 Å². The lowest BCUT2D eigenvalue weighted by Gasteiger charge is -2.25. The third-order valence-corrected chi connectivity index (χ3v) is 5.64. The van der Waals surface area contributed by atoms with Crippen molar-refractivity contribution in [1.29, 1.82) is 0 Å². The lowest BCUT2D eigenvalue weighted by Crippen LogP contribution is -2.48. The fraction of sp³-hybridized carbons (Fsp3) is 0.346. The molecule has 180 valence electrons. The van der Waals surface area contributed by atoms with Crippen LogP contribution in [-0.2, 0) is 16.1 Å².